The minimum Gasteiger partial charge on any atom is -0.335 e. The molecule has 0 saturated carbocycles. The number of benzene rings is 2. The highest BCUT2D eigenvalue weighted by Crippen LogP contribution is 2.37. The van der Waals surface area contributed by atoms with E-state index in [-0.39, 0.29) is 29.5 Å². The van der Waals surface area contributed by atoms with Gasteiger partial charge in [0.25, 0.3) is 5.91 Å². The molecule has 1 amide bonds. The number of thiazole rings is 1. The lowest BCUT2D eigenvalue weighted by Gasteiger charge is -2.38. The number of hydrogen-bond donors (Lipinski definition) is 0. The van der Waals surface area contributed by atoms with Crippen LogP contribution in [0.3, 0.4) is 0 Å². The van der Waals surface area contributed by atoms with E-state index >= 15 is 0 Å². The van der Waals surface area contributed by atoms with Gasteiger partial charge in [0.15, 0.2) is 0 Å². The Morgan fingerprint density at radius 1 is 1.00 bits per heavy atom. The van der Waals surface area contributed by atoms with Crippen LogP contribution >= 0.6 is 11.3 Å². The monoisotopic (exact) mass is 410 g/mol. The summed E-state index contributed by atoms with van der Waals surface area (Å²) in [5.74, 6) is -0.355. The summed E-state index contributed by atoms with van der Waals surface area (Å²) in [5, 5.41) is 3.01. The number of halogens is 2. The van der Waals surface area contributed by atoms with E-state index in [0.717, 1.165) is 47.5 Å². The van der Waals surface area contributed by atoms with Crippen LogP contribution in [-0.2, 0) is 6.42 Å². The SMILES string of the molecule is O=C1c2ccc(F)cc2CC[C@@H]2CC[C@H](c3nc(-c4ccc(F)cc4)cs3)CN12. The highest BCUT2D eigenvalue weighted by Gasteiger charge is 2.36. The number of carbonyl (C=O) groups excluding carboxylic acids is 1. The van der Waals surface area contributed by atoms with Crippen LogP contribution in [0.25, 0.3) is 11.3 Å². The van der Waals surface area contributed by atoms with E-state index in [4.69, 9.17) is 4.98 Å². The van der Waals surface area contributed by atoms with Gasteiger partial charge in [-0.25, -0.2) is 13.8 Å². The van der Waals surface area contributed by atoms with Gasteiger partial charge in [-0.15, -0.1) is 11.3 Å². The Morgan fingerprint density at radius 2 is 1.79 bits per heavy atom. The van der Waals surface area contributed by atoms with Crippen molar-refractivity contribution in [3.8, 4) is 11.3 Å². The third-order valence-electron chi connectivity index (χ3n) is 6.02. The van der Waals surface area contributed by atoms with E-state index in [2.05, 4.69) is 0 Å². The van der Waals surface area contributed by atoms with E-state index in [0.29, 0.717) is 12.1 Å². The van der Waals surface area contributed by atoms with Crippen LogP contribution in [0.2, 0.25) is 0 Å². The standard InChI is InChI=1S/C23H20F2N2OS/c24-17-5-1-14(2-6-17)21-13-29-22(26-21)16-4-9-19-8-3-15-11-18(25)7-10-20(15)23(28)27(19)12-16/h1-2,5-7,10-11,13,16,19H,3-4,8-9,12H2/t16-,19+/m0/s1. The second-order valence-corrected chi connectivity index (χ2v) is 8.69. The molecule has 1 aromatic heterocycles. The molecule has 0 bridgehead atoms. The first-order chi connectivity index (χ1) is 14.1. The zero-order valence-electron chi connectivity index (χ0n) is 15.8. The second-order valence-electron chi connectivity index (χ2n) is 7.80. The largest absolute Gasteiger partial charge is 0.335 e. The Labute approximate surface area is 172 Å². The van der Waals surface area contributed by atoms with Crippen molar-refractivity contribution in [1.29, 1.82) is 0 Å². The van der Waals surface area contributed by atoms with Crippen molar-refractivity contribution in [2.75, 3.05) is 6.54 Å². The van der Waals surface area contributed by atoms with Gasteiger partial charge >= 0.3 is 0 Å². The molecule has 0 aliphatic carbocycles. The summed E-state index contributed by atoms with van der Waals surface area (Å²) >= 11 is 1.60. The first-order valence-corrected chi connectivity index (χ1v) is 10.8. The predicted molar refractivity (Wildman–Crippen MR) is 109 cm³/mol. The summed E-state index contributed by atoms with van der Waals surface area (Å²) in [7, 11) is 0. The fourth-order valence-corrected chi connectivity index (χ4v) is 5.42. The van der Waals surface area contributed by atoms with Crippen LogP contribution in [0.15, 0.2) is 47.8 Å². The Bertz CT molecular complexity index is 1060. The average molecular weight is 410 g/mol. The van der Waals surface area contributed by atoms with Crippen molar-refractivity contribution in [1.82, 2.24) is 9.88 Å². The van der Waals surface area contributed by atoms with E-state index < -0.39 is 0 Å². The topological polar surface area (TPSA) is 33.2 Å². The molecule has 2 aromatic carbocycles. The van der Waals surface area contributed by atoms with Crippen LogP contribution in [0.5, 0.6) is 0 Å². The number of aryl methyl sites for hydroxylation is 1. The molecule has 2 atom stereocenters. The fourth-order valence-electron chi connectivity index (χ4n) is 4.46. The lowest BCUT2D eigenvalue weighted by Crippen LogP contribution is -2.45. The van der Waals surface area contributed by atoms with Crippen molar-refractivity contribution in [3.63, 3.8) is 0 Å². The molecule has 3 heterocycles. The summed E-state index contributed by atoms with van der Waals surface area (Å²) < 4.78 is 26.8. The molecule has 1 fully saturated rings. The average Bonchev–Trinajstić information content (AvgIpc) is 3.18. The third-order valence-corrected chi connectivity index (χ3v) is 7.03. The highest BCUT2D eigenvalue weighted by molar-refractivity contribution is 7.10. The molecule has 2 aliphatic rings. The number of hydrogen-bond acceptors (Lipinski definition) is 3. The van der Waals surface area contributed by atoms with E-state index in [9.17, 15) is 13.6 Å². The fraction of sp³-hybridized carbons (Fsp3) is 0.304. The molecular formula is C23H20F2N2OS. The summed E-state index contributed by atoms with van der Waals surface area (Å²) in [5.41, 5.74) is 3.18. The van der Waals surface area contributed by atoms with Gasteiger partial charge in [0.2, 0.25) is 0 Å². The molecule has 5 rings (SSSR count). The molecule has 29 heavy (non-hydrogen) atoms. The Kier molecular flexibility index (Phi) is 4.66. The van der Waals surface area contributed by atoms with Gasteiger partial charge in [0.05, 0.1) is 10.7 Å². The van der Waals surface area contributed by atoms with Gasteiger partial charge in [-0.05, 0) is 73.7 Å². The van der Waals surface area contributed by atoms with Crippen molar-refractivity contribution < 1.29 is 13.6 Å². The predicted octanol–water partition coefficient (Wildman–Crippen LogP) is 5.42. The summed E-state index contributed by atoms with van der Waals surface area (Å²) in [6, 6.07) is 11.0. The molecule has 2 aliphatic heterocycles. The van der Waals surface area contributed by atoms with Crippen LogP contribution in [0.1, 0.15) is 46.1 Å². The number of rotatable bonds is 2. The zero-order chi connectivity index (χ0) is 20.0. The maximum absolute atomic E-state index is 13.6. The van der Waals surface area contributed by atoms with E-state index in [1.807, 2.05) is 10.3 Å². The first kappa shape index (κ1) is 18.4. The molecule has 148 valence electrons. The number of amides is 1. The van der Waals surface area contributed by atoms with E-state index in [1.165, 1.54) is 24.3 Å². The highest BCUT2D eigenvalue weighted by atomic mass is 32.1. The number of nitrogens with zero attached hydrogens (tertiary/aromatic N) is 2. The Hall–Kier alpha value is -2.60. The molecule has 0 spiro atoms. The summed E-state index contributed by atoms with van der Waals surface area (Å²) in [4.78, 5) is 19.9. The normalized spacial score (nSPS) is 21.4. The van der Waals surface area contributed by atoms with Crippen molar-refractivity contribution in [3.05, 3.63) is 75.6 Å². The van der Waals surface area contributed by atoms with Gasteiger partial charge in [-0.2, -0.15) is 0 Å². The van der Waals surface area contributed by atoms with Crippen LogP contribution in [0.4, 0.5) is 8.78 Å². The van der Waals surface area contributed by atoms with Gasteiger partial charge in [0.1, 0.15) is 11.6 Å². The molecule has 6 heteroatoms. The Balaban J connectivity index is 1.39. The van der Waals surface area contributed by atoms with Gasteiger partial charge in [-0.3, -0.25) is 4.79 Å². The number of aromatic nitrogens is 1. The molecule has 0 N–H and O–H groups in total. The van der Waals surface area contributed by atoms with Crippen LogP contribution in [-0.4, -0.2) is 28.4 Å². The number of piperidine rings is 1. The smallest absolute Gasteiger partial charge is 0.254 e. The molecule has 3 nitrogen and oxygen atoms in total. The maximum Gasteiger partial charge on any atom is 0.254 e. The second kappa shape index (κ2) is 7.34. The molecular weight excluding hydrogens is 390 g/mol. The lowest BCUT2D eigenvalue weighted by molar-refractivity contribution is 0.0588. The van der Waals surface area contributed by atoms with Crippen molar-refractivity contribution in [2.45, 2.75) is 37.6 Å². The molecule has 1 saturated heterocycles. The number of fused-ring (bicyclic) bond motifs is 2. The Morgan fingerprint density at radius 3 is 2.62 bits per heavy atom. The summed E-state index contributed by atoms with van der Waals surface area (Å²) in [6.07, 6.45) is 3.51. The van der Waals surface area contributed by atoms with Gasteiger partial charge in [-0.1, -0.05) is 0 Å². The minimum absolute atomic E-state index is 0.00233. The third kappa shape index (κ3) is 3.46. The zero-order valence-corrected chi connectivity index (χ0v) is 16.6. The quantitative estimate of drug-likeness (QED) is 0.565. The molecule has 0 radical (unpaired) electrons. The van der Waals surface area contributed by atoms with Crippen molar-refractivity contribution >= 4 is 17.2 Å². The van der Waals surface area contributed by atoms with Crippen molar-refractivity contribution in [2.24, 2.45) is 0 Å². The van der Waals surface area contributed by atoms with Crippen LogP contribution in [0, 0.1) is 11.6 Å². The lowest BCUT2D eigenvalue weighted by atomic mass is 9.91. The maximum atomic E-state index is 13.6. The van der Waals surface area contributed by atoms with Gasteiger partial charge < -0.3 is 4.90 Å². The molecule has 0 unspecified atom stereocenters. The molecule has 3 aromatic rings. The first-order valence-electron chi connectivity index (χ1n) is 9.89. The van der Waals surface area contributed by atoms with Crippen LogP contribution < -0.4 is 0 Å². The number of carbonyl (C=O) groups is 1. The van der Waals surface area contributed by atoms with Gasteiger partial charge in [0, 0.05) is 35.0 Å². The van der Waals surface area contributed by atoms with E-state index in [1.54, 1.807) is 29.5 Å². The summed E-state index contributed by atoms with van der Waals surface area (Å²) in [6.45, 7) is 0.636. The minimum atomic E-state index is -0.287.